The molecular formula is C13H18N6OS2. The molecule has 1 aliphatic rings. The monoisotopic (exact) mass is 338 g/mol. The van der Waals surface area contributed by atoms with E-state index in [-0.39, 0.29) is 0 Å². The highest BCUT2D eigenvalue weighted by molar-refractivity contribution is 7.15. The van der Waals surface area contributed by atoms with Crippen molar-refractivity contribution in [2.24, 2.45) is 11.8 Å². The van der Waals surface area contributed by atoms with Crippen LogP contribution in [0.25, 0.3) is 0 Å². The smallest absolute Gasteiger partial charge is 0.213 e. The molecule has 3 rings (SSSR count). The second-order valence-corrected chi connectivity index (χ2v) is 7.59. The molecule has 1 saturated carbocycles. The van der Waals surface area contributed by atoms with E-state index in [0.717, 1.165) is 28.0 Å². The Labute approximate surface area is 136 Å². The molecule has 2 aromatic rings. The molecule has 0 aliphatic heterocycles. The van der Waals surface area contributed by atoms with Crippen molar-refractivity contribution in [1.82, 2.24) is 20.4 Å². The van der Waals surface area contributed by atoms with Gasteiger partial charge in [0.1, 0.15) is 10.0 Å². The highest BCUT2D eigenvalue weighted by atomic mass is 32.1. The first-order valence-electron chi connectivity index (χ1n) is 7.29. The zero-order valence-electron chi connectivity index (χ0n) is 12.3. The van der Waals surface area contributed by atoms with E-state index < -0.39 is 0 Å². The second-order valence-electron chi connectivity index (χ2n) is 5.47. The Morgan fingerprint density at radius 2 is 1.64 bits per heavy atom. The lowest BCUT2D eigenvalue weighted by molar-refractivity contribution is -0.105. The maximum absolute atomic E-state index is 10.4. The molecule has 7 nitrogen and oxygen atoms in total. The van der Waals surface area contributed by atoms with Crippen LogP contribution in [0.4, 0.5) is 10.3 Å². The van der Waals surface area contributed by atoms with Gasteiger partial charge >= 0.3 is 0 Å². The van der Waals surface area contributed by atoms with Crippen LogP contribution in [0.3, 0.4) is 0 Å². The first-order chi connectivity index (χ1) is 10.8. The van der Waals surface area contributed by atoms with E-state index in [1.165, 1.54) is 30.6 Å². The second kappa shape index (κ2) is 7.10. The van der Waals surface area contributed by atoms with E-state index in [1.54, 1.807) is 11.3 Å². The summed E-state index contributed by atoms with van der Waals surface area (Å²) in [4.78, 5) is 10.4. The van der Waals surface area contributed by atoms with Crippen LogP contribution in [0.2, 0.25) is 0 Å². The van der Waals surface area contributed by atoms with Crippen LogP contribution in [0.15, 0.2) is 0 Å². The van der Waals surface area contributed by atoms with Crippen LogP contribution in [0, 0.1) is 11.8 Å². The van der Waals surface area contributed by atoms with Gasteiger partial charge < -0.3 is 10.6 Å². The molecule has 118 valence electrons. The maximum Gasteiger partial charge on any atom is 0.213 e. The molecule has 0 saturated heterocycles. The zero-order valence-corrected chi connectivity index (χ0v) is 13.9. The van der Waals surface area contributed by atoms with Gasteiger partial charge in [-0.05, 0) is 31.1 Å². The van der Waals surface area contributed by atoms with Crippen molar-refractivity contribution in [2.75, 3.05) is 17.7 Å². The van der Waals surface area contributed by atoms with Crippen LogP contribution in [0.1, 0.15) is 29.3 Å². The molecule has 1 amide bonds. The van der Waals surface area contributed by atoms with Gasteiger partial charge in [-0.15, -0.1) is 20.4 Å². The lowest BCUT2D eigenvalue weighted by atomic mass is 10.0. The summed E-state index contributed by atoms with van der Waals surface area (Å²) in [5, 5.41) is 25.6. The summed E-state index contributed by atoms with van der Waals surface area (Å²) in [6.45, 7) is 0. The van der Waals surface area contributed by atoms with Crippen LogP contribution in [-0.2, 0) is 17.6 Å². The summed E-state index contributed by atoms with van der Waals surface area (Å²) < 4.78 is 0. The third kappa shape index (κ3) is 3.77. The van der Waals surface area contributed by atoms with Crippen molar-refractivity contribution in [1.29, 1.82) is 0 Å². The maximum atomic E-state index is 10.4. The topological polar surface area (TPSA) is 92.7 Å². The van der Waals surface area contributed by atoms with Crippen LogP contribution in [0.5, 0.6) is 0 Å². The number of carbonyl (C=O) groups excluding carboxylic acids is 1. The molecule has 0 radical (unpaired) electrons. The van der Waals surface area contributed by atoms with E-state index in [0.29, 0.717) is 23.4 Å². The third-order valence-corrected chi connectivity index (χ3v) is 5.75. The number of rotatable bonds is 7. The lowest BCUT2D eigenvalue weighted by Gasteiger charge is -2.08. The minimum absolute atomic E-state index is 0.577. The molecule has 0 aromatic carbocycles. The number of anilines is 2. The highest BCUT2D eigenvalue weighted by Crippen LogP contribution is 2.36. The molecule has 1 aliphatic carbocycles. The number of hydrogen-bond donors (Lipinski definition) is 2. The van der Waals surface area contributed by atoms with Gasteiger partial charge in [0.15, 0.2) is 0 Å². The summed E-state index contributed by atoms with van der Waals surface area (Å²) in [5.41, 5.74) is 0. The van der Waals surface area contributed by atoms with Crippen molar-refractivity contribution in [3.05, 3.63) is 10.0 Å². The summed E-state index contributed by atoms with van der Waals surface area (Å²) in [6, 6.07) is 0. The van der Waals surface area contributed by atoms with E-state index >= 15 is 0 Å². The van der Waals surface area contributed by atoms with Gasteiger partial charge in [0.2, 0.25) is 16.7 Å². The summed E-state index contributed by atoms with van der Waals surface area (Å²) >= 11 is 3.10. The van der Waals surface area contributed by atoms with Gasteiger partial charge in [-0.25, -0.2) is 0 Å². The summed E-state index contributed by atoms with van der Waals surface area (Å²) in [7, 11) is 1.87. The Balaban J connectivity index is 1.49. The third-order valence-electron chi connectivity index (χ3n) is 3.91. The quantitative estimate of drug-likeness (QED) is 0.752. The van der Waals surface area contributed by atoms with Crippen LogP contribution >= 0.6 is 22.7 Å². The van der Waals surface area contributed by atoms with Gasteiger partial charge in [0.25, 0.3) is 0 Å². The molecule has 0 bridgehead atoms. The van der Waals surface area contributed by atoms with Crippen LogP contribution in [-0.4, -0.2) is 33.9 Å². The fourth-order valence-corrected chi connectivity index (χ4v) is 4.55. The Morgan fingerprint density at radius 1 is 1.05 bits per heavy atom. The Hall–Kier alpha value is -1.61. The molecule has 2 aromatic heterocycles. The largest absolute Gasteiger partial charge is 0.363 e. The number of hydrogen-bond acceptors (Lipinski definition) is 8. The Bertz CT molecular complexity index is 628. The van der Waals surface area contributed by atoms with E-state index in [1.807, 2.05) is 7.05 Å². The van der Waals surface area contributed by atoms with E-state index in [2.05, 4.69) is 31.0 Å². The molecule has 1 fully saturated rings. The van der Waals surface area contributed by atoms with Crippen molar-refractivity contribution in [3.63, 3.8) is 0 Å². The molecule has 2 N–H and O–H groups in total. The average Bonchev–Trinajstić information content (AvgIpc) is 3.23. The fraction of sp³-hybridized carbons (Fsp3) is 0.615. The zero-order chi connectivity index (χ0) is 15.4. The molecule has 2 atom stereocenters. The first kappa shape index (κ1) is 15.3. The number of aromatic nitrogens is 4. The van der Waals surface area contributed by atoms with E-state index in [4.69, 9.17) is 0 Å². The van der Waals surface area contributed by atoms with Gasteiger partial charge in [-0.2, -0.15) is 0 Å². The normalized spacial score (nSPS) is 21.0. The minimum Gasteiger partial charge on any atom is -0.363 e. The average molecular weight is 338 g/mol. The molecule has 0 spiro atoms. The Morgan fingerprint density at radius 3 is 2.18 bits per heavy atom. The summed E-state index contributed by atoms with van der Waals surface area (Å²) in [6.07, 6.45) is 6.26. The number of nitrogens with one attached hydrogen (secondary N) is 2. The van der Waals surface area contributed by atoms with Crippen molar-refractivity contribution >= 4 is 39.3 Å². The van der Waals surface area contributed by atoms with Gasteiger partial charge in [-0.3, -0.25) is 4.79 Å². The van der Waals surface area contributed by atoms with Gasteiger partial charge in [0, 0.05) is 19.9 Å². The predicted molar refractivity (Wildman–Crippen MR) is 87.3 cm³/mol. The van der Waals surface area contributed by atoms with E-state index in [9.17, 15) is 4.79 Å². The fourth-order valence-electron chi connectivity index (χ4n) is 2.93. The summed E-state index contributed by atoms with van der Waals surface area (Å²) in [5.74, 6) is 1.34. The van der Waals surface area contributed by atoms with Crippen molar-refractivity contribution in [3.8, 4) is 0 Å². The lowest BCUT2D eigenvalue weighted by Crippen LogP contribution is -2.03. The number of amides is 1. The first-order valence-corrected chi connectivity index (χ1v) is 8.92. The molecule has 9 heteroatoms. The predicted octanol–water partition coefficient (Wildman–Crippen LogP) is 2.20. The van der Waals surface area contributed by atoms with Crippen molar-refractivity contribution in [2.45, 2.75) is 32.1 Å². The minimum atomic E-state index is 0.577. The van der Waals surface area contributed by atoms with Crippen LogP contribution < -0.4 is 10.6 Å². The SMILES string of the molecule is CNc1nnc(CC2CCC(Cc3nnc(NC=O)s3)C2)s1. The van der Waals surface area contributed by atoms with Crippen molar-refractivity contribution < 1.29 is 4.79 Å². The Kier molecular flexibility index (Phi) is 4.94. The molecule has 2 heterocycles. The molecule has 22 heavy (non-hydrogen) atoms. The van der Waals surface area contributed by atoms with Gasteiger partial charge in [0.05, 0.1) is 0 Å². The highest BCUT2D eigenvalue weighted by Gasteiger charge is 2.27. The molecule has 2 unspecified atom stereocenters. The van der Waals surface area contributed by atoms with Gasteiger partial charge in [-0.1, -0.05) is 22.7 Å². The number of carbonyl (C=O) groups is 1. The standard InChI is InChI=1S/C13H18N6OS2/c1-14-12-18-16-10(21-12)5-8-2-3-9(4-8)6-11-17-19-13(22-11)15-7-20/h7-9H,2-6H2,1H3,(H,14,18)(H,15,19,20). The number of nitrogens with zero attached hydrogens (tertiary/aromatic N) is 4. The molecular weight excluding hydrogens is 320 g/mol.